The summed E-state index contributed by atoms with van der Waals surface area (Å²) < 4.78 is 5.34. The fourth-order valence-electron chi connectivity index (χ4n) is 5.01. The SMILES string of the molecule is CCOC(=O)[C@H]1[C@@H]2C(=O)N(CCCCCO)[C@H](C(=O)Nc3ccc(Cl)cc3)[C@H]2C=C[C@H]1CC. The van der Waals surface area contributed by atoms with E-state index < -0.39 is 23.8 Å². The zero-order valence-electron chi connectivity index (χ0n) is 19.2. The highest BCUT2D eigenvalue weighted by Gasteiger charge is 2.57. The second-order valence-electron chi connectivity index (χ2n) is 8.59. The highest BCUT2D eigenvalue weighted by molar-refractivity contribution is 6.30. The normalized spacial score (nSPS) is 26.2. The maximum absolute atomic E-state index is 13.6. The van der Waals surface area contributed by atoms with E-state index in [0.717, 1.165) is 6.42 Å². The molecule has 2 aliphatic rings. The Morgan fingerprint density at radius 3 is 2.48 bits per heavy atom. The largest absolute Gasteiger partial charge is 0.466 e. The number of unbranched alkanes of at least 4 members (excludes halogenated alkanes) is 2. The topological polar surface area (TPSA) is 95.9 Å². The highest BCUT2D eigenvalue weighted by Crippen LogP contribution is 2.45. The van der Waals surface area contributed by atoms with Crippen LogP contribution in [0, 0.1) is 23.7 Å². The van der Waals surface area contributed by atoms with Gasteiger partial charge in [-0.25, -0.2) is 0 Å². The highest BCUT2D eigenvalue weighted by atomic mass is 35.5. The number of rotatable bonds is 10. The molecule has 1 saturated heterocycles. The van der Waals surface area contributed by atoms with Crippen molar-refractivity contribution in [3.63, 3.8) is 0 Å². The van der Waals surface area contributed by atoms with Crippen molar-refractivity contribution in [2.45, 2.75) is 45.6 Å². The van der Waals surface area contributed by atoms with Crippen LogP contribution in [-0.2, 0) is 19.1 Å². The molecule has 1 aliphatic carbocycles. The van der Waals surface area contributed by atoms with Crippen molar-refractivity contribution in [1.82, 2.24) is 4.90 Å². The summed E-state index contributed by atoms with van der Waals surface area (Å²) in [6.45, 7) is 4.46. The minimum atomic E-state index is -0.724. The minimum Gasteiger partial charge on any atom is -0.466 e. The molecule has 33 heavy (non-hydrogen) atoms. The predicted molar refractivity (Wildman–Crippen MR) is 127 cm³/mol. The number of benzene rings is 1. The van der Waals surface area contributed by atoms with E-state index in [9.17, 15) is 14.4 Å². The van der Waals surface area contributed by atoms with Gasteiger partial charge in [0.15, 0.2) is 0 Å². The minimum absolute atomic E-state index is 0.0888. The van der Waals surface area contributed by atoms with E-state index in [2.05, 4.69) is 5.32 Å². The van der Waals surface area contributed by atoms with Gasteiger partial charge in [0.2, 0.25) is 11.8 Å². The lowest BCUT2D eigenvalue weighted by atomic mass is 9.69. The Kier molecular flexibility index (Phi) is 8.92. The van der Waals surface area contributed by atoms with E-state index in [1.54, 1.807) is 36.1 Å². The van der Waals surface area contributed by atoms with Gasteiger partial charge in [0.1, 0.15) is 6.04 Å². The number of likely N-dealkylation sites (tertiary alicyclic amines) is 1. The van der Waals surface area contributed by atoms with E-state index in [1.807, 2.05) is 19.1 Å². The number of carbonyl (C=O) groups excluding carboxylic acids is 3. The van der Waals surface area contributed by atoms with E-state index in [4.69, 9.17) is 21.4 Å². The Hall–Kier alpha value is -2.38. The molecule has 180 valence electrons. The summed E-state index contributed by atoms with van der Waals surface area (Å²) in [5, 5.41) is 12.6. The fourth-order valence-corrected chi connectivity index (χ4v) is 5.13. The molecule has 0 spiro atoms. The van der Waals surface area contributed by atoms with Crippen molar-refractivity contribution in [1.29, 1.82) is 0 Å². The first kappa shape index (κ1) is 25.2. The van der Waals surface area contributed by atoms with Gasteiger partial charge in [0.25, 0.3) is 0 Å². The van der Waals surface area contributed by atoms with Crippen molar-refractivity contribution in [3.05, 3.63) is 41.4 Å². The summed E-state index contributed by atoms with van der Waals surface area (Å²) >= 11 is 5.95. The second kappa shape index (κ2) is 11.7. The standard InChI is InChI=1S/C25H33ClN2O5/c1-3-16-8-13-19-21(20(16)25(32)33-4-2)24(31)28(14-6-5-7-15-29)22(19)23(30)27-18-11-9-17(26)10-12-18/h8-13,16,19-22,29H,3-7,14-15H2,1-2H3,(H,27,30)/t16-,19+,20-,21-,22+/m1/s1. The van der Waals surface area contributed by atoms with E-state index in [0.29, 0.717) is 36.5 Å². The van der Waals surface area contributed by atoms with Gasteiger partial charge in [0, 0.05) is 29.8 Å². The van der Waals surface area contributed by atoms with Crippen molar-refractivity contribution in [2.24, 2.45) is 23.7 Å². The molecule has 1 fully saturated rings. The van der Waals surface area contributed by atoms with Gasteiger partial charge in [-0.2, -0.15) is 0 Å². The zero-order chi connectivity index (χ0) is 24.0. The average Bonchev–Trinajstić information content (AvgIpc) is 3.09. The lowest BCUT2D eigenvalue weighted by Crippen LogP contribution is -2.44. The molecule has 2 N–H and O–H groups in total. The number of hydrogen-bond donors (Lipinski definition) is 2. The Labute approximate surface area is 200 Å². The Balaban J connectivity index is 1.91. The molecule has 8 heteroatoms. The molecule has 5 atom stereocenters. The molecule has 1 aliphatic heterocycles. The van der Waals surface area contributed by atoms with E-state index >= 15 is 0 Å². The third-order valence-corrected chi connectivity index (χ3v) is 6.83. The van der Waals surface area contributed by atoms with Crippen LogP contribution in [-0.4, -0.2) is 53.6 Å². The molecule has 0 saturated carbocycles. The molecule has 2 amide bonds. The lowest BCUT2D eigenvalue weighted by molar-refractivity contribution is -0.155. The van der Waals surface area contributed by atoms with Gasteiger partial charge in [-0.1, -0.05) is 30.7 Å². The van der Waals surface area contributed by atoms with Crippen LogP contribution in [0.25, 0.3) is 0 Å². The van der Waals surface area contributed by atoms with Crippen molar-refractivity contribution in [2.75, 3.05) is 25.1 Å². The third kappa shape index (κ3) is 5.58. The van der Waals surface area contributed by atoms with Crippen molar-refractivity contribution in [3.8, 4) is 0 Å². The van der Waals surface area contributed by atoms with Gasteiger partial charge < -0.3 is 20.1 Å². The molecule has 0 radical (unpaired) electrons. The summed E-state index contributed by atoms with van der Waals surface area (Å²) in [6, 6.07) is 6.08. The van der Waals surface area contributed by atoms with E-state index in [-0.39, 0.29) is 36.9 Å². The molecule has 0 unspecified atom stereocenters. The van der Waals surface area contributed by atoms with Crippen LogP contribution >= 0.6 is 11.6 Å². The van der Waals surface area contributed by atoms with Crippen LogP contribution in [0.15, 0.2) is 36.4 Å². The molecule has 1 heterocycles. The van der Waals surface area contributed by atoms with Crippen LogP contribution in [0.5, 0.6) is 0 Å². The average molecular weight is 477 g/mol. The van der Waals surface area contributed by atoms with Crippen LogP contribution in [0.2, 0.25) is 5.02 Å². The molecule has 0 bridgehead atoms. The Morgan fingerprint density at radius 2 is 1.85 bits per heavy atom. The van der Waals surface area contributed by atoms with Gasteiger partial charge in [-0.15, -0.1) is 0 Å². The summed E-state index contributed by atoms with van der Waals surface area (Å²) in [7, 11) is 0. The van der Waals surface area contributed by atoms with Crippen LogP contribution in [0.3, 0.4) is 0 Å². The summed E-state index contributed by atoms with van der Waals surface area (Å²) in [5.74, 6) is -2.60. The molecule has 3 rings (SSSR count). The first-order valence-corrected chi connectivity index (χ1v) is 12.1. The number of carbonyl (C=O) groups is 3. The molecular weight excluding hydrogens is 444 g/mol. The summed E-state index contributed by atoms with van der Waals surface area (Å²) in [6.07, 6.45) is 6.66. The van der Waals surface area contributed by atoms with Crippen molar-refractivity contribution >= 4 is 35.1 Å². The zero-order valence-corrected chi connectivity index (χ0v) is 20.0. The Morgan fingerprint density at radius 1 is 1.12 bits per heavy atom. The first-order valence-electron chi connectivity index (χ1n) is 11.8. The number of ether oxygens (including phenoxy) is 1. The number of halogens is 1. The van der Waals surface area contributed by atoms with Crippen LogP contribution in [0.1, 0.15) is 39.5 Å². The number of hydrogen-bond acceptors (Lipinski definition) is 5. The maximum atomic E-state index is 13.6. The number of aliphatic hydroxyl groups is 1. The number of allylic oxidation sites excluding steroid dienone is 1. The number of esters is 1. The number of nitrogens with zero attached hydrogens (tertiary/aromatic N) is 1. The van der Waals surface area contributed by atoms with Gasteiger partial charge in [0.05, 0.1) is 18.4 Å². The van der Waals surface area contributed by atoms with Crippen molar-refractivity contribution < 1.29 is 24.2 Å². The number of nitrogens with one attached hydrogen (secondary N) is 1. The smallest absolute Gasteiger partial charge is 0.310 e. The molecule has 1 aromatic rings. The monoisotopic (exact) mass is 476 g/mol. The fraction of sp³-hybridized carbons (Fsp3) is 0.560. The van der Waals surface area contributed by atoms with Gasteiger partial charge in [-0.3, -0.25) is 14.4 Å². The predicted octanol–water partition coefficient (Wildman–Crippen LogP) is 3.66. The second-order valence-corrected chi connectivity index (χ2v) is 9.03. The van der Waals surface area contributed by atoms with Gasteiger partial charge >= 0.3 is 5.97 Å². The molecule has 7 nitrogen and oxygen atoms in total. The van der Waals surface area contributed by atoms with Crippen LogP contribution in [0.4, 0.5) is 5.69 Å². The summed E-state index contributed by atoms with van der Waals surface area (Å²) in [5.41, 5.74) is 0.591. The Bertz CT molecular complexity index is 872. The first-order chi connectivity index (χ1) is 15.9. The van der Waals surface area contributed by atoms with Crippen LogP contribution < -0.4 is 5.32 Å². The summed E-state index contributed by atoms with van der Waals surface area (Å²) in [4.78, 5) is 41.6. The number of anilines is 1. The number of fused-ring (bicyclic) bond motifs is 1. The molecule has 1 aromatic carbocycles. The third-order valence-electron chi connectivity index (χ3n) is 6.58. The molecular formula is C25H33ClN2O5. The van der Waals surface area contributed by atoms with E-state index in [1.165, 1.54) is 0 Å². The lowest BCUT2D eigenvalue weighted by Gasteiger charge is -2.33. The maximum Gasteiger partial charge on any atom is 0.310 e. The quantitative estimate of drug-likeness (QED) is 0.305. The number of amides is 2. The molecule has 0 aromatic heterocycles. The van der Waals surface area contributed by atoms with Gasteiger partial charge in [-0.05, 0) is 62.8 Å². The number of aliphatic hydroxyl groups excluding tert-OH is 1.